The Kier molecular flexibility index (Phi) is 4.90. The maximum atomic E-state index is 13.2. The van der Waals surface area contributed by atoms with Gasteiger partial charge in [-0.1, -0.05) is 0 Å². The highest BCUT2D eigenvalue weighted by atomic mass is 32.2. The number of halogens is 2. The van der Waals surface area contributed by atoms with E-state index in [0.717, 1.165) is 11.8 Å². The summed E-state index contributed by atoms with van der Waals surface area (Å²) in [5.41, 5.74) is 0.112. The summed E-state index contributed by atoms with van der Waals surface area (Å²) in [6.07, 6.45) is 1.64. The molecular formula is C14H11F2NO4S2. The van der Waals surface area contributed by atoms with Gasteiger partial charge in [-0.15, -0.1) is 11.8 Å². The SMILES string of the molecule is CSc1cc(C(=O)O)ccc1NS(=O)(=O)c1cc(F)cc(F)c1. The minimum absolute atomic E-state index is 0.00546. The zero-order valence-electron chi connectivity index (χ0n) is 11.7. The van der Waals surface area contributed by atoms with Crippen molar-refractivity contribution in [3.63, 3.8) is 0 Å². The van der Waals surface area contributed by atoms with Crippen molar-refractivity contribution < 1.29 is 27.1 Å². The maximum absolute atomic E-state index is 13.2. The number of hydrogen-bond acceptors (Lipinski definition) is 4. The topological polar surface area (TPSA) is 83.5 Å². The number of sulfonamides is 1. The molecule has 23 heavy (non-hydrogen) atoms. The number of rotatable bonds is 5. The Labute approximate surface area is 135 Å². The van der Waals surface area contributed by atoms with Crippen molar-refractivity contribution in [3.05, 3.63) is 53.6 Å². The van der Waals surface area contributed by atoms with E-state index in [4.69, 9.17) is 5.11 Å². The first-order valence-electron chi connectivity index (χ1n) is 6.13. The fourth-order valence-electron chi connectivity index (χ4n) is 1.80. The highest BCUT2D eigenvalue weighted by Crippen LogP contribution is 2.29. The first kappa shape index (κ1) is 17.2. The van der Waals surface area contributed by atoms with E-state index in [1.807, 2.05) is 0 Å². The van der Waals surface area contributed by atoms with Gasteiger partial charge in [-0.2, -0.15) is 0 Å². The summed E-state index contributed by atoms with van der Waals surface area (Å²) in [6, 6.07) is 5.76. The monoisotopic (exact) mass is 359 g/mol. The number of carbonyl (C=O) groups is 1. The quantitative estimate of drug-likeness (QED) is 0.801. The third kappa shape index (κ3) is 3.99. The van der Waals surface area contributed by atoms with Crippen LogP contribution in [0, 0.1) is 11.6 Å². The van der Waals surface area contributed by atoms with E-state index in [9.17, 15) is 22.0 Å². The molecule has 0 atom stereocenters. The van der Waals surface area contributed by atoms with Gasteiger partial charge in [-0.25, -0.2) is 22.0 Å². The molecule has 0 unspecified atom stereocenters. The van der Waals surface area contributed by atoms with Crippen molar-refractivity contribution in [2.75, 3.05) is 11.0 Å². The Bertz CT molecular complexity index is 849. The molecule has 9 heteroatoms. The second kappa shape index (κ2) is 6.55. The second-order valence-corrected chi connectivity index (χ2v) is 6.96. The Morgan fingerprint density at radius 1 is 1.13 bits per heavy atom. The molecule has 0 heterocycles. The molecular weight excluding hydrogens is 348 g/mol. The fraction of sp³-hybridized carbons (Fsp3) is 0.0714. The normalized spacial score (nSPS) is 11.3. The van der Waals surface area contributed by atoms with Gasteiger partial charge in [-0.05, 0) is 36.6 Å². The summed E-state index contributed by atoms with van der Waals surface area (Å²) in [4.78, 5) is 10.7. The van der Waals surface area contributed by atoms with Crippen LogP contribution in [0.5, 0.6) is 0 Å². The van der Waals surface area contributed by atoms with Crippen molar-refractivity contribution in [2.45, 2.75) is 9.79 Å². The molecule has 0 saturated carbocycles. The van der Waals surface area contributed by atoms with Crippen LogP contribution in [0.15, 0.2) is 46.2 Å². The molecule has 2 aromatic carbocycles. The van der Waals surface area contributed by atoms with Gasteiger partial charge in [0.2, 0.25) is 0 Å². The summed E-state index contributed by atoms with van der Waals surface area (Å²) in [7, 11) is -4.21. The fourth-order valence-corrected chi connectivity index (χ4v) is 3.57. The predicted molar refractivity (Wildman–Crippen MR) is 82.3 cm³/mol. The molecule has 0 bridgehead atoms. The molecule has 2 aromatic rings. The molecule has 0 radical (unpaired) electrons. The van der Waals surface area contributed by atoms with E-state index in [0.29, 0.717) is 23.1 Å². The lowest BCUT2D eigenvalue weighted by atomic mass is 10.2. The zero-order valence-corrected chi connectivity index (χ0v) is 13.3. The van der Waals surface area contributed by atoms with Gasteiger partial charge in [0, 0.05) is 11.0 Å². The van der Waals surface area contributed by atoms with Crippen LogP contribution in [0.1, 0.15) is 10.4 Å². The highest BCUT2D eigenvalue weighted by Gasteiger charge is 2.19. The van der Waals surface area contributed by atoms with Crippen molar-refractivity contribution in [2.24, 2.45) is 0 Å². The summed E-state index contributed by atoms with van der Waals surface area (Å²) in [5.74, 6) is -3.18. The Balaban J connectivity index is 2.42. The Hall–Kier alpha value is -2.13. The first-order chi connectivity index (χ1) is 10.7. The number of aromatic carboxylic acids is 1. The van der Waals surface area contributed by atoms with Crippen LogP contribution in [0.25, 0.3) is 0 Å². The van der Waals surface area contributed by atoms with Gasteiger partial charge < -0.3 is 5.11 Å². The second-order valence-electron chi connectivity index (χ2n) is 4.43. The van der Waals surface area contributed by atoms with Gasteiger partial charge >= 0.3 is 5.97 Å². The van der Waals surface area contributed by atoms with Crippen molar-refractivity contribution in [3.8, 4) is 0 Å². The minimum Gasteiger partial charge on any atom is -0.478 e. The molecule has 0 aliphatic carbocycles. The van der Waals surface area contributed by atoms with Gasteiger partial charge in [0.05, 0.1) is 16.1 Å². The van der Waals surface area contributed by atoms with Gasteiger partial charge in [0.15, 0.2) is 0 Å². The standard InChI is InChI=1S/C14H11F2NO4S2/c1-22-13-4-8(14(18)19)2-3-12(13)17-23(20,21)11-6-9(15)5-10(16)7-11/h2-7,17H,1H3,(H,18,19). The average molecular weight is 359 g/mol. The molecule has 0 saturated heterocycles. The van der Waals surface area contributed by atoms with Crippen LogP contribution >= 0.6 is 11.8 Å². The highest BCUT2D eigenvalue weighted by molar-refractivity contribution is 7.99. The van der Waals surface area contributed by atoms with E-state index >= 15 is 0 Å². The van der Waals surface area contributed by atoms with Crippen LogP contribution in [0.4, 0.5) is 14.5 Å². The molecule has 2 rings (SSSR count). The number of nitrogens with one attached hydrogen (secondary N) is 1. The number of hydrogen-bond donors (Lipinski definition) is 2. The summed E-state index contributed by atoms with van der Waals surface area (Å²) in [6.45, 7) is 0. The summed E-state index contributed by atoms with van der Waals surface area (Å²) in [5, 5.41) is 8.94. The molecule has 0 aliphatic rings. The van der Waals surface area contributed by atoms with Gasteiger partial charge in [0.25, 0.3) is 10.0 Å². The van der Waals surface area contributed by atoms with Crippen molar-refractivity contribution in [1.29, 1.82) is 0 Å². The zero-order chi connectivity index (χ0) is 17.2. The summed E-state index contributed by atoms with van der Waals surface area (Å²) < 4.78 is 53.0. The number of anilines is 1. The van der Waals surface area contributed by atoms with E-state index < -0.39 is 32.5 Å². The lowest BCUT2D eigenvalue weighted by Crippen LogP contribution is -2.14. The molecule has 122 valence electrons. The number of carboxylic acids is 1. The smallest absolute Gasteiger partial charge is 0.335 e. The Morgan fingerprint density at radius 3 is 2.26 bits per heavy atom. The average Bonchev–Trinajstić information content (AvgIpc) is 2.46. The number of benzene rings is 2. The minimum atomic E-state index is -4.21. The molecule has 0 amide bonds. The molecule has 0 aromatic heterocycles. The van der Waals surface area contributed by atoms with Crippen LogP contribution < -0.4 is 4.72 Å². The number of carboxylic acid groups (broad SMARTS) is 1. The van der Waals surface area contributed by atoms with Crippen LogP contribution in [-0.4, -0.2) is 25.7 Å². The lowest BCUT2D eigenvalue weighted by molar-refractivity contribution is 0.0696. The molecule has 5 nitrogen and oxygen atoms in total. The van der Waals surface area contributed by atoms with Crippen LogP contribution in [-0.2, 0) is 10.0 Å². The largest absolute Gasteiger partial charge is 0.478 e. The molecule has 2 N–H and O–H groups in total. The number of thioether (sulfide) groups is 1. The van der Waals surface area contributed by atoms with E-state index in [1.165, 1.54) is 18.2 Å². The third-order valence-electron chi connectivity index (χ3n) is 2.84. The van der Waals surface area contributed by atoms with Gasteiger partial charge in [-0.3, -0.25) is 4.72 Å². The maximum Gasteiger partial charge on any atom is 0.335 e. The van der Waals surface area contributed by atoms with Crippen molar-refractivity contribution in [1.82, 2.24) is 0 Å². The van der Waals surface area contributed by atoms with E-state index in [1.54, 1.807) is 6.26 Å². The van der Waals surface area contributed by atoms with Gasteiger partial charge in [0.1, 0.15) is 11.6 Å². The molecule has 0 fully saturated rings. The lowest BCUT2D eigenvalue weighted by Gasteiger charge is -2.12. The molecule has 0 aliphatic heterocycles. The first-order valence-corrected chi connectivity index (χ1v) is 8.84. The van der Waals surface area contributed by atoms with Crippen LogP contribution in [0.2, 0.25) is 0 Å². The molecule has 0 spiro atoms. The van der Waals surface area contributed by atoms with E-state index in [-0.39, 0.29) is 11.3 Å². The van der Waals surface area contributed by atoms with Crippen LogP contribution in [0.3, 0.4) is 0 Å². The predicted octanol–water partition coefficient (Wildman–Crippen LogP) is 3.19. The van der Waals surface area contributed by atoms with Crippen molar-refractivity contribution >= 4 is 33.4 Å². The summed E-state index contributed by atoms with van der Waals surface area (Å²) >= 11 is 1.13. The Morgan fingerprint density at radius 2 is 1.74 bits per heavy atom. The third-order valence-corrected chi connectivity index (χ3v) is 4.96. The van der Waals surface area contributed by atoms with E-state index in [2.05, 4.69) is 4.72 Å².